The van der Waals surface area contributed by atoms with E-state index in [0.29, 0.717) is 5.65 Å². The first-order chi connectivity index (χ1) is 9.24. The van der Waals surface area contributed by atoms with Crippen molar-refractivity contribution >= 4 is 17.0 Å². The number of aromatic nitrogens is 4. The number of nitrogens with one attached hydrogen (secondary N) is 2. The van der Waals surface area contributed by atoms with Gasteiger partial charge in [0.15, 0.2) is 11.5 Å². The highest BCUT2D eigenvalue weighted by Gasteiger charge is 2.24. The Morgan fingerprint density at radius 2 is 2.37 bits per heavy atom. The Morgan fingerprint density at radius 3 is 3.21 bits per heavy atom. The van der Waals surface area contributed by atoms with Gasteiger partial charge in [-0.15, -0.1) is 0 Å². The van der Waals surface area contributed by atoms with Gasteiger partial charge in [0.1, 0.15) is 11.8 Å². The molecule has 2 unspecified atom stereocenters. The second-order valence-corrected chi connectivity index (χ2v) is 4.93. The molecule has 2 atom stereocenters. The largest absolute Gasteiger partial charge is 0.373 e. The molecule has 1 saturated heterocycles. The molecule has 0 aliphatic carbocycles. The number of imidazole rings is 1. The molecule has 7 nitrogen and oxygen atoms in total. The van der Waals surface area contributed by atoms with E-state index in [1.165, 1.54) is 6.33 Å². The maximum Gasteiger partial charge on any atom is 0.182 e. The highest BCUT2D eigenvalue weighted by atomic mass is 16.5. The molecule has 7 heteroatoms. The number of hydrogen-bond acceptors (Lipinski definition) is 6. The second kappa shape index (κ2) is 5.10. The third-order valence-corrected chi connectivity index (χ3v) is 3.44. The Morgan fingerprint density at radius 1 is 1.47 bits per heavy atom. The van der Waals surface area contributed by atoms with Crippen molar-refractivity contribution in [2.75, 3.05) is 32.1 Å². The number of fused-ring (bicyclic) bond motifs is 1. The topological polar surface area (TPSA) is 79.0 Å². The first kappa shape index (κ1) is 12.3. The van der Waals surface area contributed by atoms with E-state index in [2.05, 4.69) is 44.1 Å². The van der Waals surface area contributed by atoms with Gasteiger partial charge in [-0.1, -0.05) is 0 Å². The molecule has 2 N–H and O–H groups in total. The molecule has 0 radical (unpaired) electrons. The summed E-state index contributed by atoms with van der Waals surface area (Å²) in [7, 11) is 2.11. The van der Waals surface area contributed by atoms with Crippen molar-refractivity contribution in [1.82, 2.24) is 24.8 Å². The predicted octanol–water partition coefficient (Wildman–Crippen LogP) is 0.484. The fourth-order valence-electron chi connectivity index (χ4n) is 2.30. The van der Waals surface area contributed by atoms with Gasteiger partial charge in [0.05, 0.1) is 25.1 Å². The SMILES string of the molecule is CC(Nc1ncnc2nc[nH]c12)C1CN(C)CCO1. The molecular weight excluding hydrogens is 244 g/mol. The lowest BCUT2D eigenvalue weighted by Gasteiger charge is -2.34. The maximum atomic E-state index is 5.80. The van der Waals surface area contributed by atoms with Gasteiger partial charge in [-0.25, -0.2) is 15.0 Å². The van der Waals surface area contributed by atoms with Gasteiger partial charge in [-0.3, -0.25) is 0 Å². The summed E-state index contributed by atoms with van der Waals surface area (Å²) in [4.78, 5) is 17.8. The van der Waals surface area contributed by atoms with Crippen molar-refractivity contribution in [2.24, 2.45) is 0 Å². The van der Waals surface area contributed by atoms with Gasteiger partial charge < -0.3 is 19.9 Å². The van der Waals surface area contributed by atoms with E-state index in [0.717, 1.165) is 31.0 Å². The average molecular weight is 262 g/mol. The van der Waals surface area contributed by atoms with Gasteiger partial charge in [0.25, 0.3) is 0 Å². The fraction of sp³-hybridized carbons (Fsp3) is 0.583. The third kappa shape index (κ3) is 2.52. The number of hydrogen-bond donors (Lipinski definition) is 2. The summed E-state index contributed by atoms with van der Waals surface area (Å²) in [6.07, 6.45) is 3.30. The minimum Gasteiger partial charge on any atom is -0.373 e. The summed E-state index contributed by atoms with van der Waals surface area (Å²) in [6, 6.07) is 0.171. The number of nitrogens with zero attached hydrogens (tertiary/aromatic N) is 4. The van der Waals surface area contributed by atoms with Gasteiger partial charge >= 0.3 is 0 Å². The monoisotopic (exact) mass is 262 g/mol. The lowest BCUT2D eigenvalue weighted by atomic mass is 10.1. The normalized spacial score (nSPS) is 22.5. The summed E-state index contributed by atoms with van der Waals surface area (Å²) in [5, 5.41) is 3.39. The van der Waals surface area contributed by atoms with Crippen LogP contribution >= 0.6 is 0 Å². The van der Waals surface area contributed by atoms with Crippen LogP contribution in [0.4, 0.5) is 5.82 Å². The van der Waals surface area contributed by atoms with E-state index in [-0.39, 0.29) is 12.1 Å². The van der Waals surface area contributed by atoms with Crippen LogP contribution in [0.2, 0.25) is 0 Å². The smallest absolute Gasteiger partial charge is 0.182 e. The molecule has 1 aliphatic rings. The molecule has 3 heterocycles. The van der Waals surface area contributed by atoms with Crippen molar-refractivity contribution in [3.05, 3.63) is 12.7 Å². The first-order valence-corrected chi connectivity index (χ1v) is 6.45. The maximum absolute atomic E-state index is 5.80. The predicted molar refractivity (Wildman–Crippen MR) is 72.0 cm³/mol. The minimum atomic E-state index is 0.159. The zero-order valence-electron chi connectivity index (χ0n) is 11.1. The molecule has 1 aliphatic heterocycles. The van der Waals surface area contributed by atoms with Gasteiger partial charge in [-0.2, -0.15) is 0 Å². The van der Waals surface area contributed by atoms with Crippen LogP contribution in [0, 0.1) is 0 Å². The standard InChI is InChI=1S/C12H18N6O/c1-8(9-5-18(2)3-4-19-9)17-12-10-11(14-6-13-10)15-7-16-12/h6-9H,3-5H2,1-2H3,(H2,13,14,15,16,17). The highest BCUT2D eigenvalue weighted by Crippen LogP contribution is 2.17. The van der Waals surface area contributed by atoms with Crippen molar-refractivity contribution in [2.45, 2.75) is 19.1 Å². The number of ether oxygens (including phenoxy) is 1. The first-order valence-electron chi connectivity index (χ1n) is 6.45. The molecule has 1 fully saturated rings. The van der Waals surface area contributed by atoms with Crippen LogP contribution < -0.4 is 5.32 Å². The lowest BCUT2D eigenvalue weighted by Crippen LogP contribution is -2.47. The third-order valence-electron chi connectivity index (χ3n) is 3.44. The number of H-pyrrole nitrogens is 1. The number of morpholine rings is 1. The Bertz CT molecular complexity index is 556. The molecule has 3 rings (SSSR count). The molecular formula is C12H18N6O. The van der Waals surface area contributed by atoms with Gasteiger partial charge in [-0.05, 0) is 14.0 Å². The molecule has 102 valence electrons. The average Bonchev–Trinajstić information content (AvgIpc) is 2.88. The summed E-state index contributed by atoms with van der Waals surface area (Å²) in [5.74, 6) is 0.770. The van der Waals surface area contributed by atoms with Gasteiger partial charge in [0.2, 0.25) is 0 Å². The second-order valence-electron chi connectivity index (χ2n) is 4.93. The van der Waals surface area contributed by atoms with Crippen LogP contribution in [0.3, 0.4) is 0 Å². The van der Waals surface area contributed by atoms with Crippen LogP contribution in [-0.2, 0) is 4.74 Å². The van der Waals surface area contributed by atoms with E-state index >= 15 is 0 Å². The fourth-order valence-corrected chi connectivity index (χ4v) is 2.30. The van der Waals surface area contributed by atoms with Crippen LogP contribution in [-0.4, -0.2) is 63.7 Å². The van der Waals surface area contributed by atoms with E-state index in [4.69, 9.17) is 4.74 Å². The highest BCUT2D eigenvalue weighted by molar-refractivity contribution is 5.82. The van der Waals surface area contributed by atoms with E-state index in [1.807, 2.05) is 0 Å². The van der Waals surface area contributed by atoms with Crippen molar-refractivity contribution < 1.29 is 4.74 Å². The molecule has 2 aromatic heterocycles. The van der Waals surface area contributed by atoms with Crippen LogP contribution in [0.15, 0.2) is 12.7 Å². The minimum absolute atomic E-state index is 0.159. The Hall–Kier alpha value is -1.73. The number of rotatable bonds is 3. The van der Waals surface area contributed by atoms with Crippen LogP contribution in [0.1, 0.15) is 6.92 Å². The van der Waals surface area contributed by atoms with Crippen molar-refractivity contribution in [3.8, 4) is 0 Å². The Balaban J connectivity index is 1.75. The molecule has 0 saturated carbocycles. The quantitative estimate of drug-likeness (QED) is 0.838. The van der Waals surface area contributed by atoms with Crippen molar-refractivity contribution in [3.63, 3.8) is 0 Å². The summed E-state index contributed by atoms with van der Waals surface area (Å²) in [5.41, 5.74) is 1.50. The Labute approximate surface area is 111 Å². The summed E-state index contributed by atoms with van der Waals surface area (Å²) >= 11 is 0. The molecule has 0 amide bonds. The van der Waals surface area contributed by atoms with Crippen molar-refractivity contribution in [1.29, 1.82) is 0 Å². The zero-order chi connectivity index (χ0) is 13.2. The van der Waals surface area contributed by atoms with E-state index in [9.17, 15) is 0 Å². The molecule has 2 aromatic rings. The molecule has 0 bridgehead atoms. The molecule has 19 heavy (non-hydrogen) atoms. The number of aromatic amines is 1. The van der Waals surface area contributed by atoms with E-state index < -0.39 is 0 Å². The number of likely N-dealkylation sites (N-methyl/N-ethyl adjacent to an activating group) is 1. The zero-order valence-corrected chi connectivity index (χ0v) is 11.1. The van der Waals surface area contributed by atoms with Gasteiger partial charge in [0, 0.05) is 13.1 Å². The number of anilines is 1. The lowest BCUT2D eigenvalue weighted by molar-refractivity contribution is -0.0259. The summed E-state index contributed by atoms with van der Waals surface area (Å²) < 4.78 is 5.80. The molecule has 0 aromatic carbocycles. The van der Waals surface area contributed by atoms with Crippen LogP contribution in [0.5, 0.6) is 0 Å². The van der Waals surface area contributed by atoms with E-state index in [1.54, 1.807) is 6.33 Å². The molecule has 0 spiro atoms. The summed E-state index contributed by atoms with van der Waals surface area (Å²) in [6.45, 7) is 4.79. The van der Waals surface area contributed by atoms with Crippen LogP contribution in [0.25, 0.3) is 11.2 Å². The Kier molecular flexibility index (Phi) is 3.31.